The predicted octanol–water partition coefficient (Wildman–Crippen LogP) is 2.49. The van der Waals surface area contributed by atoms with Gasteiger partial charge in [0.2, 0.25) is 11.8 Å². The van der Waals surface area contributed by atoms with E-state index in [4.69, 9.17) is 4.74 Å². The number of nitrogens with zero attached hydrogens (tertiary/aromatic N) is 3. The molecule has 0 aromatic heterocycles. The second-order valence-electron chi connectivity index (χ2n) is 8.69. The Bertz CT molecular complexity index is 732. The van der Waals surface area contributed by atoms with E-state index in [2.05, 4.69) is 15.9 Å². The summed E-state index contributed by atoms with van der Waals surface area (Å²) in [5, 5.41) is 0. The fourth-order valence-corrected chi connectivity index (χ4v) is 5.09. The molecule has 2 atom stereocenters. The largest absolute Gasteiger partial charge is 0.379 e. The van der Waals surface area contributed by atoms with Gasteiger partial charge in [-0.1, -0.05) is 18.2 Å². The van der Waals surface area contributed by atoms with E-state index in [0.717, 1.165) is 64.5 Å². The van der Waals surface area contributed by atoms with Crippen LogP contribution in [0.25, 0.3) is 0 Å². The minimum atomic E-state index is 0.0771. The lowest BCUT2D eigenvalue weighted by Gasteiger charge is -2.37. The van der Waals surface area contributed by atoms with Crippen molar-refractivity contribution in [2.45, 2.75) is 38.5 Å². The number of carbonyl (C=O) groups is 2. The van der Waals surface area contributed by atoms with Gasteiger partial charge in [-0.15, -0.1) is 0 Å². The number of amides is 2. The average Bonchev–Trinajstić information content (AvgIpc) is 3.12. The molecular formula is C23H33N3O3. The van der Waals surface area contributed by atoms with E-state index < -0.39 is 0 Å². The summed E-state index contributed by atoms with van der Waals surface area (Å²) in [6.07, 6.45) is 3.69. The molecule has 0 bridgehead atoms. The molecule has 3 heterocycles. The molecule has 6 nitrogen and oxygen atoms in total. The summed E-state index contributed by atoms with van der Waals surface area (Å²) in [6.45, 7) is 8.85. The Morgan fingerprint density at radius 2 is 1.90 bits per heavy atom. The van der Waals surface area contributed by atoms with E-state index >= 15 is 0 Å². The number of carbonyl (C=O) groups excluding carboxylic acids is 2. The van der Waals surface area contributed by atoms with E-state index in [-0.39, 0.29) is 17.7 Å². The van der Waals surface area contributed by atoms with E-state index in [1.165, 1.54) is 12.0 Å². The van der Waals surface area contributed by atoms with Crippen LogP contribution in [-0.2, 0) is 14.3 Å². The molecule has 0 spiro atoms. The van der Waals surface area contributed by atoms with Crippen LogP contribution in [-0.4, -0.2) is 74.1 Å². The topological polar surface area (TPSA) is 53.1 Å². The van der Waals surface area contributed by atoms with Crippen molar-refractivity contribution < 1.29 is 14.3 Å². The number of anilines is 1. The molecule has 2 saturated heterocycles. The first-order chi connectivity index (χ1) is 14.1. The second-order valence-corrected chi connectivity index (χ2v) is 8.69. The monoisotopic (exact) mass is 399 g/mol. The highest BCUT2D eigenvalue weighted by Gasteiger charge is 2.32. The maximum absolute atomic E-state index is 12.9. The summed E-state index contributed by atoms with van der Waals surface area (Å²) < 4.78 is 5.45. The molecule has 1 aromatic rings. The van der Waals surface area contributed by atoms with Gasteiger partial charge in [0.25, 0.3) is 0 Å². The van der Waals surface area contributed by atoms with Crippen molar-refractivity contribution in [2.75, 3.05) is 57.4 Å². The number of fused-ring (bicyclic) bond motifs is 1. The maximum atomic E-state index is 12.9. The third kappa shape index (κ3) is 4.81. The van der Waals surface area contributed by atoms with Gasteiger partial charge < -0.3 is 14.5 Å². The Kier molecular flexibility index (Phi) is 6.50. The number of benzene rings is 1. The van der Waals surface area contributed by atoms with Crippen LogP contribution < -0.4 is 4.90 Å². The van der Waals surface area contributed by atoms with E-state index in [0.29, 0.717) is 18.9 Å². The standard InChI is InChI=1S/C23H33N3O3/c1-18(27)26-17-20(21-6-2-3-7-22(21)26)8-9-23(28)25-10-4-5-19(16-25)15-24-11-13-29-14-12-24/h2-3,6-7,19-20H,4-5,8-17H2,1H3. The van der Waals surface area contributed by atoms with Gasteiger partial charge in [0, 0.05) is 64.2 Å². The van der Waals surface area contributed by atoms with Gasteiger partial charge in [-0.2, -0.15) is 0 Å². The molecular weight excluding hydrogens is 366 g/mol. The molecule has 0 N–H and O–H groups in total. The number of para-hydroxylation sites is 1. The van der Waals surface area contributed by atoms with Crippen LogP contribution in [0.2, 0.25) is 0 Å². The third-order valence-electron chi connectivity index (χ3n) is 6.65. The summed E-state index contributed by atoms with van der Waals surface area (Å²) in [5.41, 5.74) is 2.22. The molecule has 4 rings (SSSR count). The molecule has 0 radical (unpaired) electrons. The van der Waals surface area contributed by atoms with Gasteiger partial charge in [0.1, 0.15) is 0 Å². The smallest absolute Gasteiger partial charge is 0.223 e. The Labute approximate surface area is 173 Å². The van der Waals surface area contributed by atoms with Crippen molar-refractivity contribution in [3.05, 3.63) is 29.8 Å². The number of hydrogen-bond donors (Lipinski definition) is 0. The van der Waals surface area contributed by atoms with Crippen LogP contribution in [0.3, 0.4) is 0 Å². The lowest BCUT2D eigenvalue weighted by Crippen LogP contribution is -2.46. The van der Waals surface area contributed by atoms with Gasteiger partial charge in [-0.25, -0.2) is 0 Å². The van der Waals surface area contributed by atoms with Gasteiger partial charge in [0.15, 0.2) is 0 Å². The quantitative estimate of drug-likeness (QED) is 0.763. The van der Waals surface area contributed by atoms with E-state index in [9.17, 15) is 9.59 Å². The van der Waals surface area contributed by atoms with Crippen molar-refractivity contribution in [2.24, 2.45) is 5.92 Å². The molecule has 3 aliphatic rings. The molecule has 2 amide bonds. The first-order valence-electron chi connectivity index (χ1n) is 11.1. The van der Waals surface area contributed by atoms with E-state index in [1.54, 1.807) is 6.92 Å². The normalized spacial score (nSPS) is 25.1. The van der Waals surface area contributed by atoms with E-state index in [1.807, 2.05) is 23.1 Å². The summed E-state index contributed by atoms with van der Waals surface area (Å²) in [6, 6.07) is 8.12. The number of likely N-dealkylation sites (tertiary alicyclic amines) is 1. The first kappa shape index (κ1) is 20.4. The van der Waals surface area contributed by atoms with Crippen molar-refractivity contribution >= 4 is 17.5 Å². The fourth-order valence-electron chi connectivity index (χ4n) is 5.09. The highest BCUT2D eigenvalue weighted by atomic mass is 16.5. The second kappa shape index (κ2) is 9.26. The zero-order valence-electron chi connectivity index (χ0n) is 17.5. The fraction of sp³-hybridized carbons (Fsp3) is 0.652. The highest BCUT2D eigenvalue weighted by Crippen LogP contribution is 2.38. The highest BCUT2D eigenvalue weighted by molar-refractivity contribution is 5.94. The van der Waals surface area contributed by atoms with Crippen LogP contribution in [0, 0.1) is 5.92 Å². The van der Waals surface area contributed by atoms with Gasteiger partial charge in [-0.3, -0.25) is 14.5 Å². The Balaban J connectivity index is 1.30. The first-order valence-corrected chi connectivity index (χ1v) is 11.1. The summed E-state index contributed by atoms with van der Waals surface area (Å²) >= 11 is 0. The predicted molar refractivity (Wildman–Crippen MR) is 113 cm³/mol. The molecule has 3 aliphatic heterocycles. The van der Waals surface area contributed by atoms with Crippen molar-refractivity contribution in [3.63, 3.8) is 0 Å². The number of morpholine rings is 1. The van der Waals surface area contributed by atoms with Gasteiger partial charge in [-0.05, 0) is 36.8 Å². The van der Waals surface area contributed by atoms with Gasteiger partial charge >= 0.3 is 0 Å². The zero-order chi connectivity index (χ0) is 20.2. The molecule has 2 unspecified atom stereocenters. The molecule has 29 heavy (non-hydrogen) atoms. The van der Waals surface area contributed by atoms with Crippen molar-refractivity contribution in [3.8, 4) is 0 Å². The zero-order valence-corrected chi connectivity index (χ0v) is 17.5. The molecule has 6 heteroatoms. The third-order valence-corrected chi connectivity index (χ3v) is 6.65. The van der Waals surface area contributed by atoms with Crippen LogP contribution >= 0.6 is 0 Å². The maximum Gasteiger partial charge on any atom is 0.223 e. The number of rotatable bonds is 5. The summed E-state index contributed by atoms with van der Waals surface area (Å²) in [4.78, 5) is 31.3. The average molecular weight is 400 g/mol. The van der Waals surface area contributed by atoms with Crippen molar-refractivity contribution in [1.82, 2.24) is 9.80 Å². The van der Waals surface area contributed by atoms with Crippen LogP contribution in [0.1, 0.15) is 44.1 Å². The molecule has 2 fully saturated rings. The molecule has 158 valence electrons. The Hall–Kier alpha value is -1.92. The number of piperidine rings is 1. The Morgan fingerprint density at radius 1 is 1.10 bits per heavy atom. The molecule has 0 saturated carbocycles. The lowest BCUT2D eigenvalue weighted by atomic mass is 9.94. The SMILES string of the molecule is CC(=O)N1CC(CCC(=O)N2CCCC(CN3CCOCC3)C2)c2ccccc21. The number of ether oxygens (including phenoxy) is 1. The van der Waals surface area contributed by atoms with Crippen LogP contribution in [0.4, 0.5) is 5.69 Å². The molecule has 0 aliphatic carbocycles. The van der Waals surface area contributed by atoms with Gasteiger partial charge in [0.05, 0.1) is 13.2 Å². The van der Waals surface area contributed by atoms with Crippen LogP contribution in [0.5, 0.6) is 0 Å². The summed E-state index contributed by atoms with van der Waals surface area (Å²) in [5.74, 6) is 1.18. The minimum absolute atomic E-state index is 0.0771. The minimum Gasteiger partial charge on any atom is -0.379 e. The number of hydrogen-bond acceptors (Lipinski definition) is 4. The molecule has 1 aromatic carbocycles. The summed E-state index contributed by atoms with van der Waals surface area (Å²) in [7, 11) is 0. The van der Waals surface area contributed by atoms with Crippen molar-refractivity contribution in [1.29, 1.82) is 0 Å². The Morgan fingerprint density at radius 3 is 2.69 bits per heavy atom. The van der Waals surface area contributed by atoms with Crippen LogP contribution in [0.15, 0.2) is 24.3 Å². The lowest BCUT2D eigenvalue weighted by molar-refractivity contribution is -0.133.